The van der Waals surface area contributed by atoms with Gasteiger partial charge in [0, 0.05) is 13.1 Å². The Morgan fingerprint density at radius 1 is 1.30 bits per heavy atom. The molecular weight excluding hydrogens is 126 g/mol. The van der Waals surface area contributed by atoms with E-state index in [2.05, 4.69) is 20.8 Å². The van der Waals surface area contributed by atoms with Gasteiger partial charge in [-0.25, -0.2) is 0 Å². The number of hydrogen-bond donors (Lipinski definition) is 1. The smallest absolute Gasteiger partial charge is 0.107 e. The Labute approximate surface area is 63.8 Å². The van der Waals surface area contributed by atoms with Crippen LogP contribution in [0.1, 0.15) is 26.7 Å². The van der Waals surface area contributed by atoms with Crippen molar-refractivity contribution in [2.75, 3.05) is 13.1 Å². The minimum absolute atomic E-state index is 0.528. The molecule has 0 heterocycles. The summed E-state index contributed by atoms with van der Waals surface area (Å²) in [7, 11) is 0. The molecule has 0 rings (SSSR count). The standard InChI is InChI=1S/C8H18NO/c1-4-6-9(7-5-2)8(3)10/h8,10H,3-7H2,1-2H3. The van der Waals surface area contributed by atoms with Crippen LogP contribution < -0.4 is 0 Å². The van der Waals surface area contributed by atoms with Gasteiger partial charge in [-0.2, -0.15) is 0 Å². The zero-order valence-corrected chi connectivity index (χ0v) is 7.01. The predicted octanol–water partition coefficient (Wildman–Crippen LogP) is 1.26. The van der Waals surface area contributed by atoms with Gasteiger partial charge in [0.05, 0.1) is 0 Å². The lowest BCUT2D eigenvalue weighted by atomic mass is 10.3. The maximum absolute atomic E-state index is 9.09. The third-order valence-electron chi connectivity index (χ3n) is 1.44. The van der Waals surface area contributed by atoms with E-state index in [1.807, 2.05) is 4.90 Å². The summed E-state index contributed by atoms with van der Waals surface area (Å²) in [5.41, 5.74) is 0. The summed E-state index contributed by atoms with van der Waals surface area (Å²) in [6, 6.07) is 0. The van der Waals surface area contributed by atoms with Crippen molar-refractivity contribution in [2.45, 2.75) is 32.9 Å². The molecule has 2 nitrogen and oxygen atoms in total. The SMILES string of the molecule is [CH2]C(O)N(CCC)CCC. The van der Waals surface area contributed by atoms with Crippen molar-refractivity contribution in [1.82, 2.24) is 4.90 Å². The van der Waals surface area contributed by atoms with Gasteiger partial charge in [0.25, 0.3) is 0 Å². The second kappa shape index (κ2) is 5.69. The van der Waals surface area contributed by atoms with E-state index < -0.39 is 6.23 Å². The van der Waals surface area contributed by atoms with E-state index in [0.29, 0.717) is 0 Å². The fourth-order valence-electron chi connectivity index (χ4n) is 0.984. The van der Waals surface area contributed by atoms with E-state index in [1.165, 1.54) is 0 Å². The molecule has 0 aromatic rings. The number of nitrogens with zero attached hydrogens (tertiary/aromatic N) is 1. The molecule has 0 amide bonds. The largest absolute Gasteiger partial charge is 0.378 e. The van der Waals surface area contributed by atoms with Crippen LogP contribution in [0.4, 0.5) is 0 Å². The van der Waals surface area contributed by atoms with Gasteiger partial charge in [-0.1, -0.05) is 13.8 Å². The van der Waals surface area contributed by atoms with Crippen molar-refractivity contribution in [3.63, 3.8) is 0 Å². The van der Waals surface area contributed by atoms with Gasteiger partial charge >= 0.3 is 0 Å². The Hall–Kier alpha value is -0.0800. The highest BCUT2D eigenvalue weighted by Gasteiger charge is 2.06. The van der Waals surface area contributed by atoms with Crippen molar-refractivity contribution in [2.24, 2.45) is 0 Å². The van der Waals surface area contributed by atoms with Crippen LogP contribution in [0.2, 0.25) is 0 Å². The molecule has 0 aliphatic rings. The molecule has 0 aromatic heterocycles. The zero-order chi connectivity index (χ0) is 7.98. The minimum Gasteiger partial charge on any atom is -0.378 e. The molecule has 61 valence electrons. The first kappa shape index (κ1) is 9.92. The molecule has 0 fully saturated rings. The quantitative estimate of drug-likeness (QED) is 0.587. The zero-order valence-electron chi connectivity index (χ0n) is 7.01. The molecule has 1 N–H and O–H groups in total. The van der Waals surface area contributed by atoms with Crippen LogP contribution in [0.15, 0.2) is 0 Å². The molecule has 0 aliphatic heterocycles. The van der Waals surface area contributed by atoms with E-state index in [4.69, 9.17) is 5.11 Å². The van der Waals surface area contributed by atoms with Gasteiger partial charge in [0.2, 0.25) is 0 Å². The summed E-state index contributed by atoms with van der Waals surface area (Å²) in [4.78, 5) is 1.97. The lowest BCUT2D eigenvalue weighted by Gasteiger charge is -2.23. The van der Waals surface area contributed by atoms with Crippen molar-refractivity contribution < 1.29 is 5.11 Å². The van der Waals surface area contributed by atoms with Crippen LogP contribution in [0.3, 0.4) is 0 Å². The maximum atomic E-state index is 9.09. The Morgan fingerprint density at radius 2 is 1.70 bits per heavy atom. The lowest BCUT2D eigenvalue weighted by molar-refractivity contribution is 0.0395. The molecule has 0 aliphatic carbocycles. The van der Waals surface area contributed by atoms with Crippen LogP contribution in [-0.4, -0.2) is 29.3 Å². The molecule has 0 bridgehead atoms. The molecule has 0 saturated carbocycles. The number of aliphatic hydroxyl groups excluding tert-OH is 1. The maximum Gasteiger partial charge on any atom is 0.107 e. The normalized spacial score (nSPS) is 14.1. The molecule has 0 spiro atoms. The van der Waals surface area contributed by atoms with Gasteiger partial charge in [-0.05, 0) is 19.8 Å². The second-order valence-corrected chi connectivity index (χ2v) is 2.52. The van der Waals surface area contributed by atoms with Gasteiger partial charge < -0.3 is 5.11 Å². The summed E-state index contributed by atoms with van der Waals surface area (Å²) in [5, 5.41) is 9.09. The average molecular weight is 144 g/mol. The molecule has 1 radical (unpaired) electrons. The van der Waals surface area contributed by atoms with E-state index in [0.717, 1.165) is 25.9 Å². The molecule has 10 heavy (non-hydrogen) atoms. The molecule has 0 saturated heterocycles. The third-order valence-corrected chi connectivity index (χ3v) is 1.44. The van der Waals surface area contributed by atoms with Crippen LogP contribution >= 0.6 is 0 Å². The van der Waals surface area contributed by atoms with Crippen LogP contribution in [0.5, 0.6) is 0 Å². The van der Waals surface area contributed by atoms with Crippen molar-refractivity contribution in [3.8, 4) is 0 Å². The predicted molar refractivity (Wildman–Crippen MR) is 43.5 cm³/mol. The van der Waals surface area contributed by atoms with Gasteiger partial charge in [-0.15, -0.1) is 0 Å². The highest BCUT2D eigenvalue weighted by molar-refractivity contribution is 4.61. The second-order valence-electron chi connectivity index (χ2n) is 2.52. The summed E-state index contributed by atoms with van der Waals surface area (Å²) in [6.45, 7) is 9.65. The summed E-state index contributed by atoms with van der Waals surface area (Å²) in [6.07, 6.45) is 1.62. The molecule has 1 unspecified atom stereocenters. The minimum atomic E-state index is -0.528. The first-order valence-corrected chi connectivity index (χ1v) is 3.97. The Bertz CT molecular complexity index is 67.7. The topological polar surface area (TPSA) is 23.5 Å². The highest BCUT2D eigenvalue weighted by atomic mass is 16.3. The van der Waals surface area contributed by atoms with E-state index in [-0.39, 0.29) is 0 Å². The summed E-state index contributed by atoms with van der Waals surface area (Å²) in [5.74, 6) is 0. The van der Waals surface area contributed by atoms with Crippen LogP contribution in [0.25, 0.3) is 0 Å². The van der Waals surface area contributed by atoms with Crippen molar-refractivity contribution in [1.29, 1.82) is 0 Å². The van der Waals surface area contributed by atoms with Gasteiger partial charge in [0.15, 0.2) is 0 Å². The first-order valence-electron chi connectivity index (χ1n) is 3.97. The van der Waals surface area contributed by atoms with E-state index in [1.54, 1.807) is 0 Å². The lowest BCUT2D eigenvalue weighted by Crippen LogP contribution is -2.34. The Balaban J connectivity index is 3.50. The first-order chi connectivity index (χ1) is 4.72. The summed E-state index contributed by atoms with van der Waals surface area (Å²) < 4.78 is 0. The number of hydrogen-bond acceptors (Lipinski definition) is 2. The molecule has 1 atom stereocenters. The molecular formula is C8H18NO. The third kappa shape index (κ3) is 3.85. The fraction of sp³-hybridized carbons (Fsp3) is 0.875. The fourth-order valence-corrected chi connectivity index (χ4v) is 0.984. The van der Waals surface area contributed by atoms with Gasteiger partial charge in [-0.3, -0.25) is 4.90 Å². The van der Waals surface area contributed by atoms with Crippen LogP contribution in [-0.2, 0) is 0 Å². The van der Waals surface area contributed by atoms with E-state index in [9.17, 15) is 0 Å². The Morgan fingerprint density at radius 3 is 1.90 bits per heavy atom. The van der Waals surface area contributed by atoms with E-state index >= 15 is 0 Å². The number of aliphatic hydroxyl groups is 1. The Kier molecular flexibility index (Phi) is 5.64. The number of rotatable bonds is 5. The molecule has 2 heteroatoms. The average Bonchev–Trinajstić information content (AvgIpc) is 1.87. The van der Waals surface area contributed by atoms with Crippen LogP contribution in [0, 0.1) is 6.92 Å². The molecule has 0 aromatic carbocycles. The van der Waals surface area contributed by atoms with Crippen molar-refractivity contribution >= 4 is 0 Å². The van der Waals surface area contributed by atoms with Gasteiger partial charge in [0.1, 0.15) is 6.23 Å². The summed E-state index contributed by atoms with van der Waals surface area (Å²) >= 11 is 0. The van der Waals surface area contributed by atoms with Crippen molar-refractivity contribution in [3.05, 3.63) is 6.92 Å². The highest BCUT2D eigenvalue weighted by Crippen LogP contribution is 1.97. The monoisotopic (exact) mass is 144 g/mol.